The number of carboxylic acid groups (broad SMARTS) is 1. The van der Waals surface area contributed by atoms with E-state index in [1.807, 2.05) is 0 Å². The van der Waals surface area contributed by atoms with Gasteiger partial charge < -0.3 is 14.7 Å². The molecule has 1 aromatic rings. The van der Waals surface area contributed by atoms with E-state index in [9.17, 15) is 14.9 Å². The minimum Gasteiger partial charge on any atom is -0.478 e. The number of pyridine rings is 1. The number of nitrogens with zero attached hydrogens (tertiary/aromatic N) is 3. The molecule has 1 aromatic heterocycles. The van der Waals surface area contributed by atoms with E-state index in [0.29, 0.717) is 29.4 Å². The molecule has 28 heavy (non-hydrogen) atoms. The van der Waals surface area contributed by atoms with E-state index >= 15 is 0 Å². The Hall–Kier alpha value is -2.48. The summed E-state index contributed by atoms with van der Waals surface area (Å²) in [5.74, 6) is -0.429. The maximum atomic E-state index is 11.8. The van der Waals surface area contributed by atoms with Crippen LogP contribution < -0.4 is 4.90 Å². The molecule has 1 heterocycles. The van der Waals surface area contributed by atoms with E-state index in [4.69, 9.17) is 9.84 Å². The monoisotopic (exact) mass is 391 g/mol. The number of aliphatic carboxylic acids is 1. The van der Waals surface area contributed by atoms with E-state index in [-0.39, 0.29) is 17.8 Å². The van der Waals surface area contributed by atoms with E-state index < -0.39 is 10.9 Å². The van der Waals surface area contributed by atoms with Crippen molar-refractivity contribution in [1.29, 1.82) is 0 Å². The van der Waals surface area contributed by atoms with Crippen molar-refractivity contribution in [2.75, 3.05) is 18.6 Å². The molecule has 1 aliphatic rings. The first-order valence-corrected chi connectivity index (χ1v) is 9.58. The van der Waals surface area contributed by atoms with Crippen LogP contribution in [-0.2, 0) is 9.53 Å². The van der Waals surface area contributed by atoms with Crippen molar-refractivity contribution in [3.63, 3.8) is 0 Å². The number of aromatic nitrogens is 1. The van der Waals surface area contributed by atoms with Gasteiger partial charge in [-0.1, -0.05) is 13.8 Å². The number of hydrogen-bond donors (Lipinski definition) is 1. The van der Waals surface area contributed by atoms with Crippen molar-refractivity contribution in [3.05, 3.63) is 34.0 Å². The van der Waals surface area contributed by atoms with Crippen LogP contribution in [0.4, 0.5) is 11.5 Å². The van der Waals surface area contributed by atoms with Crippen LogP contribution in [0, 0.1) is 16.0 Å². The molecule has 0 spiro atoms. The molecule has 154 valence electrons. The summed E-state index contributed by atoms with van der Waals surface area (Å²) in [6, 6.07) is 1.59. The van der Waals surface area contributed by atoms with Gasteiger partial charge in [0.2, 0.25) is 5.82 Å². The molecule has 1 N–H and O–H groups in total. The van der Waals surface area contributed by atoms with Crippen LogP contribution in [0.2, 0.25) is 0 Å². The van der Waals surface area contributed by atoms with Gasteiger partial charge in [-0.15, -0.1) is 0 Å². The van der Waals surface area contributed by atoms with Crippen LogP contribution in [-0.4, -0.2) is 46.8 Å². The zero-order valence-corrected chi connectivity index (χ0v) is 16.9. The van der Waals surface area contributed by atoms with Crippen LogP contribution in [0.3, 0.4) is 0 Å². The second-order valence-corrected chi connectivity index (χ2v) is 7.70. The number of carbonyl (C=O) groups is 1. The molecular formula is C20H29N3O5. The minimum absolute atomic E-state index is 0.0925. The highest BCUT2D eigenvalue weighted by molar-refractivity contribution is 5.89. The standard InChI is InChI=1S/C20H29N3O5/c1-13(2)12-22(16-5-7-17(28-4)8-6-16)20-18(23(26)27)10-15(11-21-20)14(3)9-19(24)25/h9-11,13,16-17H,5-8,12H2,1-4H3,(H,24,25)/b14-9+. The lowest BCUT2D eigenvalue weighted by molar-refractivity contribution is -0.384. The Labute approximate surface area is 165 Å². The van der Waals surface area contributed by atoms with E-state index in [2.05, 4.69) is 23.7 Å². The third kappa shape index (κ3) is 5.51. The molecule has 0 aromatic carbocycles. The van der Waals surface area contributed by atoms with Crippen LogP contribution in [0.25, 0.3) is 5.57 Å². The maximum Gasteiger partial charge on any atom is 0.328 e. The fraction of sp³-hybridized carbons (Fsp3) is 0.600. The summed E-state index contributed by atoms with van der Waals surface area (Å²) < 4.78 is 5.45. The molecule has 0 bridgehead atoms. The average molecular weight is 391 g/mol. The Morgan fingerprint density at radius 3 is 2.57 bits per heavy atom. The maximum absolute atomic E-state index is 11.8. The van der Waals surface area contributed by atoms with Gasteiger partial charge in [0.05, 0.1) is 11.0 Å². The van der Waals surface area contributed by atoms with Gasteiger partial charge in [-0.25, -0.2) is 9.78 Å². The number of methoxy groups -OCH3 is 1. The minimum atomic E-state index is -1.10. The molecule has 8 nitrogen and oxygen atoms in total. The molecule has 1 fully saturated rings. The highest BCUT2D eigenvalue weighted by Gasteiger charge is 2.31. The zero-order chi connectivity index (χ0) is 20.8. The third-order valence-corrected chi connectivity index (χ3v) is 5.09. The molecule has 1 saturated carbocycles. The van der Waals surface area contributed by atoms with E-state index in [0.717, 1.165) is 31.8 Å². The zero-order valence-electron chi connectivity index (χ0n) is 16.9. The number of nitro groups is 1. The molecule has 0 unspecified atom stereocenters. The van der Waals surface area contributed by atoms with Crippen molar-refractivity contribution < 1.29 is 19.6 Å². The Kier molecular flexibility index (Phi) is 7.51. The highest BCUT2D eigenvalue weighted by atomic mass is 16.6. The van der Waals surface area contributed by atoms with Crippen LogP contribution in [0.5, 0.6) is 0 Å². The van der Waals surface area contributed by atoms with Crippen molar-refractivity contribution in [2.24, 2.45) is 5.92 Å². The number of allylic oxidation sites excluding steroid dienone is 1. The number of ether oxygens (including phenoxy) is 1. The summed E-state index contributed by atoms with van der Waals surface area (Å²) in [7, 11) is 1.72. The van der Waals surface area contributed by atoms with Crippen molar-refractivity contribution in [1.82, 2.24) is 4.98 Å². The first kappa shape index (κ1) is 21.8. The fourth-order valence-electron chi connectivity index (χ4n) is 3.68. The smallest absolute Gasteiger partial charge is 0.328 e. The van der Waals surface area contributed by atoms with E-state index in [1.165, 1.54) is 12.3 Å². The van der Waals surface area contributed by atoms with Crippen LogP contribution in [0.1, 0.15) is 52.0 Å². The van der Waals surface area contributed by atoms with Gasteiger partial charge in [-0.2, -0.15) is 0 Å². The lowest BCUT2D eigenvalue weighted by atomic mass is 9.91. The Morgan fingerprint density at radius 1 is 1.43 bits per heavy atom. The first-order chi connectivity index (χ1) is 13.2. The number of carboxylic acids is 1. The van der Waals surface area contributed by atoms with Gasteiger partial charge in [-0.3, -0.25) is 10.1 Å². The van der Waals surface area contributed by atoms with Gasteiger partial charge in [0.15, 0.2) is 0 Å². The van der Waals surface area contributed by atoms with Crippen molar-refractivity contribution in [3.8, 4) is 0 Å². The van der Waals surface area contributed by atoms with Gasteiger partial charge in [0, 0.05) is 43.6 Å². The van der Waals surface area contributed by atoms with Crippen LogP contribution >= 0.6 is 0 Å². The predicted molar refractivity (Wildman–Crippen MR) is 107 cm³/mol. The molecule has 1 aliphatic carbocycles. The summed E-state index contributed by atoms with van der Waals surface area (Å²) in [4.78, 5) is 28.7. The summed E-state index contributed by atoms with van der Waals surface area (Å²) in [6.07, 6.45) is 6.41. The van der Waals surface area contributed by atoms with Gasteiger partial charge >= 0.3 is 11.7 Å². The van der Waals surface area contributed by atoms with Crippen molar-refractivity contribution in [2.45, 2.75) is 58.6 Å². The molecule has 0 aliphatic heterocycles. The lowest BCUT2D eigenvalue weighted by Crippen LogP contribution is -2.42. The molecule has 2 rings (SSSR count). The van der Waals surface area contributed by atoms with Gasteiger partial charge in [0.1, 0.15) is 0 Å². The number of anilines is 1. The van der Waals surface area contributed by atoms with Gasteiger partial charge in [0.25, 0.3) is 0 Å². The summed E-state index contributed by atoms with van der Waals surface area (Å²) in [5.41, 5.74) is 0.765. The molecule has 8 heteroatoms. The normalized spacial score (nSPS) is 20.2. The lowest BCUT2D eigenvalue weighted by Gasteiger charge is -2.38. The van der Waals surface area contributed by atoms with E-state index in [1.54, 1.807) is 14.0 Å². The summed E-state index contributed by atoms with van der Waals surface area (Å²) >= 11 is 0. The Morgan fingerprint density at radius 2 is 2.07 bits per heavy atom. The summed E-state index contributed by atoms with van der Waals surface area (Å²) in [6.45, 7) is 6.42. The first-order valence-electron chi connectivity index (χ1n) is 9.58. The Balaban J connectivity index is 2.41. The molecule has 0 saturated heterocycles. The Bertz CT molecular complexity index is 739. The largest absolute Gasteiger partial charge is 0.478 e. The van der Waals surface area contributed by atoms with Gasteiger partial charge in [-0.05, 0) is 44.1 Å². The second-order valence-electron chi connectivity index (χ2n) is 7.70. The quantitative estimate of drug-likeness (QED) is 0.407. The molecular weight excluding hydrogens is 362 g/mol. The predicted octanol–water partition coefficient (Wildman–Crippen LogP) is 3.90. The molecule has 0 amide bonds. The summed E-state index contributed by atoms with van der Waals surface area (Å²) in [5, 5.41) is 20.7. The molecule has 0 radical (unpaired) electrons. The van der Waals surface area contributed by atoms with Crippen molar-refractivity contribution >= 4 is 23.0 Å². The third-order valence-electron chi connectivity index (χ3n) is 5.09. The fourth-order valence-corrected chi connectivity index (χ4v) is 3.68. The average Bonchev–Trinajstić information content (AvgIpc) is 2.65. The second kappa shape index (κ2) is 9.64. The highest BCUT2D eigenvalue weighted by Crippen LogP contribution is 2.34. The molecule has 0 atom stereocenters. The number of hydrogen-bond acceptors (Lipinski definition) is 6. The topological polar surface area (TPSA) is 106 Å². The van der Waals surface area contributed by atoms with Crippen LogP contribution in [0.15, 0.2) is 18.3 Å². The SMILES string of the molecule is COC1CCC(N(CC(C)C)c2ncc(/C(C)=C/C(=O)O)cc2[N+](=O)[O-])CC1. The number of rotatable bonds is 8.